The second-order valence-electron chi connectivity index (χ2n) is 9.90. The summed E-state index contributed by atoms with van der Waals surface area (Å²) in [5.74, 6) is 0. The molecule has 0 radical (unpaired) electrons. The standard InChI is InChI=1S/C32H30ClN3S/c1-3-22-9-17-26(18-10-22)34-31(37)30-29(24-11-7-21(2)8-12-24)27-6-4-5-19-35-28(20-36(30)32(27)35)23-13-15-25(33)16-14-23/h7-18,20H,3-6,19H2,1-2H3,(H,34,37). The third-order valence-electron chi connectivity index (χ3n) is 7.45. The number of nitrogens with one attached hydrogen (secondary N) is 1. The Morgan fingerprint density at radius 1 is 0.919 bits per heavy atom. The molecule has 37 heavy (non-hydrogen) atoms. The van der Waals surface area contributed by atoms with Crippen LogP contribution in [0.3, 0.4) is 0 Å². The summed E-state index contributed by atoms with van der Waals surface area (Å²) in [6, 6.07) is 25.6. The van der Waals surface area contributed by atoms with Crippen LogP contribution < -0.4 is 5.32 Å². The van der Waals surface area contributed by atoms with Gasteiger partial charge in [-0.1, -0.05) is 84.8 Å². The van der Waals surface area contributed by atoms with Crippen LogP contribution in [0.5, 0.6) is 0 Å². The summed E-state index contributed by atoms with van der Waals surface area (Å²) in [6.07, 6.45) is 6.61. The van der Waals surface area contributed by atoms with E-state index >= 15 is 0 Å². The maximum absolute atomic E-state index is 6.22. The molecule has 0 unspecified atom stereocenters. The number of rotatable bonds is 5. The van der Waals surface area contributed by atoms with Crippen LogP contribution in [0, 0.1) is 6.92 Å². The lowest BCUT2D eigenvalue weighted by atomic mass is 9.97. The van der Waals surface area contributed by atoms with Crippen molar-refractivity contribution < 1.29 is 0 Å². The summed E-state index contributed by atoms with van der Waals surface area (Å²) in [7, 11) is 0. The Balaban J connectivity index is 1.57. The van der Waals surface area contributed by atoms with Crippen molar-refractivity contribution in [1.29, 1.82) is 0 Å². The van der Waals surface area contributed by atoms with Crippen LogP contribution in [-0.4, -0.2) is 14.0 Å². The monoisotopic (exact) mass is 523 g/mol. The minimum Gasteiger partial charge on any atom is -0.345 e. The predicted octanol–water partition coefficient (Wildman–Crippen LogP) is 8.72. The molecule has 186 valence electrons. The van der Waals surface area contributed by atoms with Gasteiger partial charge >= 0.3 is 0 Å². The SMILES string of the molecule is CCc1ccc(NC(=S)c2c(-c3ccc(C)cc3)c3c4n(c(-c5ccc(Cl)cc5)cn24)CCCC3)cc1. The lowest BCUT2D eigenvalue weighted by Gasteiger charge is -2.13. The Hall–Kier alpha value is -3.34. The smallest absolute Gasteiger partial charge is 0.128 e. The van der Waals surface area contributed by atoms with E-state index in [2.05, 4.69) is 95.0 Å². The minimum atomic E-state index is 0.737. The summed E-state index contributed by atoms with van der Waals surface area (Å²) in [5, 5.41) is 4.31. The number of imidazole rings is 1. The minimum absolute atomic E-state index is 0.737. The number of aromatic nitrogens is 2. The van der Waals surface area contributed by atoms with Gasteiger partial charge in [-0.2, -0.15) is 0 Å². The number of benzene rings is 3. The lowest BCUT2D eigenvalue weighted by molar-refractivity contribution is 0.647. The van der Waals surface area contributed by atoms with E-state index in [1.807, 2.05) is 12.1 Å². The molecule has 6 rings (SSSR count). The third-order valence-corrected chi connectivity index (χ3v) is 8.00. The normalized spacial score (nSPS) is 13.1. The van der Waals surface area contributed by atoms with Crippen LogP contribution >= 0.6 is 23.8 Å². The average Bonchev–Trinajstić information content (AvgIpc) is 3.33. The number of hydrogen-bond acceptors (Lipinski definition) is 1. The molecule has 3 aromatic carbocycles. The Kier molecular flexibility index (Phi) is 6.39. The van der Waals surface area contributed by atoms with Crippen molar-refractivity contribution in [3.63, 3.8) is 0 Å². The summed E-state index contributed by atoms with van der Waals surface area (Å²) in [4.78, 5) is 0.737. The topological polar surface area (TPSA) is 21.4 Å². The highest BCUT2D eigenvalue weighted by atomic mass is 35.5. The van der Waals surface area contributed by atoms with Crippen LogP contribution in [-0.2, 0) is 19.4 Å². The molecule has 0 bridgehead atoms. The van der Waals surface area contributed by atoms with E-state index < -0.39 is 0 Å². The highest BCUT2D eigenvalue weighted by Crippen LogP contribution is 2.40. The molecule has 1 aliphatic rings. The van der Waals surface area contributed by atoms with E-state index in [0.717, 1.165) is 59.2 Å². The molecule has 1 aliphatic heterocycles. The van der Waals surface area contributed by atoms with E-state index in [1.165, 1.54) is 39.2 Å². The number of halogens is 1. The Bertz CT molecular complexity index is 1590. The first-order chi connectivity index (χ1) is 18.0. The van der Waals surface area contributed by atoms with Gasteiger partial charge in [0, 0.05) is 34.6 Å². The number of hydrogen-bond donors (Lipinski definition) is 1. The van der Waals surface area contributed by atoms with Gasteiger partial charge in [-0.3, -0.25) is 4.40 Å². The summed E-state index contributed by atoms with van der Waals surface area (Å²) in [5.41, 5.74) is 12.1. The molecule has 3 nitrogen and oxygen atoms in total. The molecule has 3 heterocycles. The lowest BCUT2D eigenvalue weighted by Crippen LogP contribution is -2.14. The number of thiocarbonyl (C=S) groups is 1. The van der Waals surface area contributed by atoms with Crippen molar-refractivity contribution in [1.82, 2.24) is 8.97 Å². The predicted molar refractivity (Wildman–Crippen MR) is 160 cm³/mol. The molecule has 1 N–H and O–H groups in total. The molecule has 5 aromatic rings. The van der Waals surface area contributed by atoms with E-state index in [9.17, 15) is 0 Å². The van der Waals surface area contributed by atoms with E-state index in [0.29, 0.717) is 0 Å². The molecule has 0 spiro atoms. The van der Waals surface area contributed by atoms with E-state index in [-0.39, 0.29) is 0 Å². The molecule has 0 aliphatic carbocycles. The zero-order valence-electron chi connectivity index (χ0n) is 21.2. The van der Waals surface area contributed by atoms with E-state index in [4.69, 9.17) is 23.8 Å². The fourth-order valence-corrected chi connectivity index (χ4v) is 5.95. The van der Waals surface area contributed by atoms with Crippen molar-refractivity contribution in [2.75, 3.05) is 5.32 Å². The van der Waals surface area contributed by atoms with Gasteiger partial charge in [0.2, 0.25) is 0 Å². The van der Waals surface area contributed by atoms with Gasteiger partial charge in [-0.15, -0.1) is 0 Å². The van der Waals surface area contributed by atoms with Crippen molar-refractivity contribution in [3.8, 4) is 22.4 Å². The second kappa shape index (κ2) is 9.85. The second-order valence-corrected chi connectivity index (χ2v) is 10.7. The summed E-state index contributed by atoms with van der Waals surface area (Å²) < 4.78 is 4.81. The number of nitrogens with zero attached hydrogens (tertiary/aromatic N) is 2. The van der Waals surface area contributed by atoms with Crippen LogP contribution in [0.2, 0.25) is 5.02 Å². The van der Waals surface area contributed by atoms with Gasteiger partial charge in [0.05, 0.1) is 11.4 Å². The van der Waals surface area contributed by atoms with Gasteiger partial charge in [-0.05, 0) is 73.6 Å². The first-order valence-corrected chi connectivity index (χ1v) is 13.8. The Morgan fingerprint density at radius 2 is 1.62 bits per heavy atom. The van der Waals surface area contributed by atoms with Crippen LogP contribution in [0.1, 0.15) is 42.1 Å². The highest BCUT2D eigenvalue weighted by molar-refractivity contribution is 7.81. The van der Waals surface area contributed by atoms with Crippen molar-refractivity contribution in [3.05, 3.63) is 106 Å². The first-order valence-electron chi connectivity index (χ1n) is 13.0. The molecular formula is C32H30ClN3S. The molecule has 0 atom stereocenters. The average molecular weight is 524 g/mol. The highest BCUT2D eigenvalue weighted by Gasteiger charge is 2.28. The van der Waals surface area contributed by atoms with Gasteiger partial charge in [0.15, 0.2) is 0 Å². The molecular weight excluding hydrogens is 494 g/mol. The van der Waals surface area contributed by atoms with Crippen molar-refractivity contribution in [2.45, 2.75) is 46.1 Å². The fourth-order valence-electron chi connectivity index (χ4n) is 5.51. The number of aryl methyl sites for hydroxylation is 4. The maximum Gasteiger partial charge on any atom is 0.128 e. The molecule has 0 fully saturated rings. The van der Waals surface area contributed by atoms with Gasteiger partial charge < -0.3 is 9.88 Å². The Morgan fingerprint density at radius 3 is 2.32 bits per heavy atom. The van der Waals surface area contributed by atoms with Crippen LogP contribution in [0.25, 0.3) is 28.0 Å². The quantitative estimate of drug-likeness (QED) is 0.232. The summed E-state index contributed by atoms with van der Waals surface area (Å²) in [6.45, 7) is 5.29. The molecule has 0 saturated heterocycles. The molecule has 2 aromatic heterocycles. The van der Waals surface area contributed by atoms with Gasteiger partial charge in [0.25, 0.3) is 0 Å². The van der Waals surface area contributed by atoms with Gasteiger partial charge in [0.1, 0.15) is 10.6 Å². The molecule has 0 amide bonds. The van der Waals surface area contributed by atoms with E-state index in [1.54, 1.807) is 0 Å². The van der Waals surface area contributed by atoms with Crippen molar-refractivity contribution >= 4 is 40.1 Å². The number of anilines is 1. The summed E-state index contributed by atoms with van der Waals surface area (Å²) >= 11 is 12.4. The largest absolute Gasteiger partial charge is 0.345 e. The Labute approximate surface area is 228 Å². The molecule has 5 heteroatoms. The van der Waals surface area contributed by atoms with Crippen LogP contribution in [0.15, 0.2) is 79.0 Å². The van der Waals surface area contributed by atoms with Crippen molar-refractivity contribution in [2.24, 2.45) is 0 Å². The van der Waals surface area contributed by atoms with Gasteiger partial charge in [-0.25, -0.2) is 0 Å². The maximum atomic E-state index is 6.22. The third kappa shape index (κ3) is 4.39. The van der Waals surface area contributed by atoms with Crippen LogP contribution in [0.4, 0.5) is 5.69 Å². The first kappa shape index (κ1) is 24.0. The fraction of sp³-hybridized carbons (Fsp3) is 0.219. The zero-order chi connectivity index (χ0) is 25.5. The zero-order valence-corrected chi connectivity index (χ0v) is 22.8. The molecule has 0 saturated carbocycles.